The number of carbonyl (C=O) groups excluding carboxylic acids is 3. The van der Waals surface area contributed by atoms with Crippen molar-refractivity contribution in [1.29, 1.82) is 0 Å². The molecule has 13 heteroatoms. The summed E-state index contributed by atoms with van der Waals surface area (Å²) in [6, 6.07) is 23.7. The Labute approximate surface area is 301 Å². The summed E-state index contributed by atoms with van der Waals surface area (Å²) >= 11 is 1.44. The van der Waals surface area contributed by atoms with Gasteiger partial charge in [-0.1, -0.05) is 72.7 Å². The number of aromatic nitrogens is 4. The lowest BCUT2D eigenvalue weighted by Gasteiger charge is -2.33. The fourth-order valence-corrected chi connectivity index (χ4v) is 7.43. The summed E-state index contributed by atoms with van der Waals surface area (Å²) in [5, 5.41) is 15.7. The monoisotopic (exact) mass is 707 g/mol. The molecule has 12 nitrogen and oxygen atoms in total. The van der Waals surface area contributed by atoms with Crippen LogP contribution in [0.15, 0.2) is 88.9 Å². The van der Waals surface area contributed by atoms with Crippen LogP contribution in [0.5, 0.6) is 0 Å². The van der Waals surface area contributed by atoms with Crippen LogP contribution in [-0.4, -0.2) is 99.0 Å². The number of carbonyl (C=O) groups is 3. The third-order valence-corrected chi connectivity index (χ3v) is 10.5. The highest BCUT2D eigenvalue weighted by Gasteiger charge is 2.39. The van der Waals surface area contributed by atoms with Crippen molar-refractivity contribution in [2.45, 2.75) is 73.4 Å². The van der Waals surface area contributed by atoms with Crippen LogP contribution in [-0.2, 0) is 25.6 Å². The number of rotatable bonds is 13. The Morgan fingerprint density at radius 3 is 2.37 bits per heavy atom. The molecule has 4 atom stereocenters. The standard InChI is InChI=1S/C38H41N7O5S/c1-5-22-49-26(3)34(36(47)44-21-13-14-27(44)23-45-37(40-41-42-45)51-28-15-7-6-8-16-28)39-35(46)25(2)43(4)38(48)50-24-33-31-19-11-9-17-29(31)30-18-10-12-20-32(30)33/h1,6-12,15-20,25-27,33-34H,13-14,21-24H2,2-4H3,(H,39,46)/t25-,26+,27?,34-/m0/s1. The lowest BCUT2D eigenvalue weighted by molar-refractivity contribution is -0.142. The van der Waals surface area contributed by atoms with Crippen LogP contribution >= 0.6 is 11.8 Å². The Balaban J connectivity index is 1.10. The average molecular weight is 708 g/mol. The Hall–Kier alpha value is -5.19. The maximum atomic E-state index is 14.2. The van der Waals surface area contributed by atoms with Gasteiger partial charge >= 0.3 is 6.09 Å². The highest BCUT2D eigenvalue weighted by Crippen LogP contribution is 2.44. The van der Waals surface area contributed by atoms with Crippen molar-refractivity contribution in [3.05, 3.63) is 90.0 Å². The molecule has 1 N–H and O–H groups in total. The van der Waals surface area contributed by atoms with Crippen molar-refractivity contribution < 1.29 is 23.9 Å². The second-order valence-corrected chi connectivity index (χ2v) is 13.7. The van der Waals surface area contributed by atoms with Gasteiger partial charge in [0, 0.05) is 24.4 Å². The van der Waals surface area contributed by atoms with Crippen LogP contribution < -0.4 is 5.32 Å². The normalized spacial score (nSPS) is 16.7. The molecule has 51 heavy (non-hydrogen) atoms. The number of likely N-dealkylation sites (tertiary alicyclic amines) is 1. The quantitative estimate of drug-likeness (QED) is 0.198. The van der Waals surface area contributed by atoms with Crippen molar-refractivity contribution in [2.75, 3.05) is 26.8 Å². The number of hydrogen-bond acceptors (Lipinski definition) is 9. The first-order valence-electron chi connectivity index (χ1n) is 17.0. The van der Waals surface area contributed by atoms with Gasteiger partial charge in [0.25, 0.3) is 0 Å². The van der Waals surface area contributed by atoms with Gasteiger partial charge in [-0.3, -0.25) is 14.5 Å². The van der Waals surface area contributed by atoms with Gasteiger partial charge in [-0.25, -0.2) is 9.48 Å². The number of amides is 3. The van der Waals surface area contributed by atoms with E-state index in [1.165, 1.54) is 23.7 Å². The van der Waals surface area contributed by atoms with Crippen LogP contribution in [0.2, 0.25) is 0 Å². The fourth-order valence-electron chi connectivity index (χ4n) is 6.63. The molecule has 2 aliphatic rings. The van der Waals surface area contributed by atoms with E-state index in [2.05, 4.69) is 38.9 Å². The van der Waals surface area contributed by atoms with E-state index in [-0.39, 0.29) is 31.1 Å². The number of fused-ring (bicyclic) bond motifs is 3. The summed E-state index contributed by atoms with van der Waals surface area (Å²) in [6.45, 7) is 4.25. The zero-order valence-electron chi connectivity index (χ0n) is 28.8. The molecular weight excluding hydrogens is 667 g/mol. The molecular formula is C38H41N7O5S. The SMILES string of the molecule is C#CCO[C@H](C)[C@H](NC(=O)[C@H](C)N(C)C(=O)OCC1c2ccccc2-c2ccccc21)C(=O)N1CCCC1Cn1nnnc1Sc1ccccc1. The third-order valence-electron chi connectivity index (χ3n) is 9.54. The molecule has 0 radical (unpaired) electrons. The minimum Gasteiger partial charge on any atom is -0.448 e. The fraction of sp³-hybridized carbons (Fsp3) is 0.368. The van der Waals surface area contributed by atoms with E-state index in [1.807, 2.05) is 66.7 Å². The summed E-state index contributed by atoms with van der Waals surface area (Å²) in [7, 11) is 1.51. The van der Waals surface area contributed by atoms with Gasteiger partial charge in [-0.2, -0.15) is 0 Å². The van der Waals surface area contributed by atoms with E-state index in [1.54, 1.807) is 23.4 Å². The van der Waals surface area contributed by atoms with Gasteiger partial charge in [0.05, 0.1) is 18.7 Å². The lowest BCUT2D eigenvalue weighted by Crippen LogP contribution is -2.58. The van der Waals surface area contributed by atoms with Gasteiger partial charge in [-0.15, -0.1) is 11.5 Å². The zero-order valence-corrected chi connectivity index (χ0v) is 29.7. The van der Waals surface area contributed by atoms with Crippen LogP contribution in [0.4, 0.5) is 4.79 Å². The van der Waals surface area contributed by atoms with Crippen LogP contribution in [0.3, 0.4) is 0 Å². The molecule has 0 saturated carbocycles. The summed E-state index contributed by atoms with van der Waals surface area (Å²) in [5.74, 6) is 1.47. The van der Waals surface area contributed by atoms with Crippen molar-refractivity contribution in [1.82, 2.24) is 35.3 Å². The number of nitrogens with one attached hydrogen (secondary N) is 1. The number of ether oxygens (including phenoxy) is 2. The highest BCUT2D eigenvalue weighted by atomic mass is 32.2. The first-order valence-corrected chi connectivity index (χ1v) is 17.8. The minimum absolute atomic E-state index is 0.0376. The summed E-state index contributed by atoms with van der Waals surface area (Å²) in [5.41, 5.74) is 4.43. The van der Waals surface area contributed by atoms with E-state index < -0.39 is 30.2 Å². The highest BCUT2D eigenvalue weighted by molar-refractivity contribution is 7.99. The molecule has 1 aromatic heterocycles. The second-order valence-electron chi connectivity index (χ2n) is 12.7. The maximum Gasteiger partial charge on any atom is 0.410 e. The molecule has 2 heterocycles. The molecule has 6 rings (SSSR count). The Morgan fingerprint density at radius 1 is 1.02 bits per heavy atom. The van der Waals surface area contributed by atoms with Gasteiger partial charge < -0.3 is 19.7 Å². The van der Waals surface area contributed by atoms with Crippen molar-refractivity contribution >= 4 is 29.7 Å². The molecule has 1 unspecified atom stereocenters. The Morgan fingerprint density at radius 2 is 1.69 bits per heavy atom. The molecule has 1 aliphatic carbocycles. The molecule has 264 valence electrons. The Kier molecular flexibility index (Phi) is 11.3. The van der Waals surface area contributed by atoms with Gasteiger partial charge in [-0.05, 0) is 83.3 Å². The molecule has 1 fully saturated rings. The van der Waals surface area contributed by atoms with Crippen LogP contribution in [0.1, 0.15) is 43.7 Å². The number of hydrogen-bond donors (Lipinski definition) is 1. The van der Waals surface area contributed by atoms with E-state index >= 15 is 0 Å². The van der Waals surface area contributed by atoms with Crippen molar-refractivity contribution in [2.24, 2.45) is 0 Å². The van der Waals surface area contributed by atoms with E-state index in [0.29, 0.717) is 18.2 Å². The summed E-state index contributed by atoms with van der Waals surface area (Å²) in [6.07, 6.45) is 5.57. The maximum absolute atomic E-state index is 14.2. The lowest BCUT2D eigenvalue weighted by atomic mass is 9.98. The average Bonchev–Trinajstić information content (AvgIpc) is 3.89. The van der Waals surface area contributed by atoms with E-state index in [0.717, 1.165) is 40.0 Å². The second kappa shape index (κ2) is 16.2. The number of nitrogens with zero attached hydrogens (tertiary/aromatic N) is 6. The molecule has 1 saturated heterocycles. The molecule has 4 aromatic rings. The van der Waals surface area contributed by atoms with Gasteiger partial charge in [0.1, 0.15) is 25.3 Å². The molecule has 3 amide bonds. The van der Waals surface area contributed by atoms with Gasteiger partial charge in [0.15, 0.2) is 0 Å². The smallest absolute Gasteiger partial charge is 0.410 e. The van der Waals surface area contributed by atoms with Crippen LogP contribution in [0.25, 0.3) is 11.1 Å². The third kappa shape index (κ3) is 7.92. The molecule has 0 spiro atoms. The largest absolute Gasteiger partial charge is 0.448 e. The molecule has 1 aliphatic heterocycles. The van der Waals surface area contributed by atoms with E-state index in [4.69, 9.17) is 15.9 Å². The van der Waals surface area contributed by atoms with Crippen molar-refractivity contribution in [3.8, 4) is 23.5 Å². The number of tetrazole rings is 1. The van der Waals surface area contributed by atoms with E-state index in [9.17, 15) is 14.4 Å². The first kappa shape index (κ1) is 35.6. The zero-order chi connectivity index (χ0) is 35.9. The Bertz CT molecular complexity index is 1850. The predicted octanol–water partition coefficient (Wildman–Crippen LogP) is 4.61. The molecule has 0 bridgehead atoms. The minimum atomic E-state index is -1.06. The summed E-state index contributed by atoms with van der Waals surface area (Å²) in [4.78, 5) is 45.1. The predicted molar refractivity (Wildman–Crippen MR) is 192 cm³/mol. The summed E-state index contributed by atoms with van der Waals surface area (Å²) < 4.78 is 13.2. The van der Waals surface area contributed by atoms with Gasteiger partial charge in [0.2, 0.25) is 17.0 Å². The first-order chi connectivity index (χ1) is 24.8. The van der Waals surface area contributed by atoms with Crippen molar-refractivity contribution in [3.63, 3.8) is 0 Å². The number of terminal acetylenes is 1. The number of likely N-dealkylation sites (N-methyl/N-ethyl adjacent to an activating group) is 1. The van der Waals surface area contributed by atoms with Crippen LogP contribution in [0, 0.1) is 12.3 Å². The topological polar surface area (TPSA) is 132 Å². The number of benzene rings is 3. The molecule has 3 aromatic carbocycles.